The van der Waals surface area contributed by atoms with Crippen LogP contribution in [-0.2, 0) is 13.0 Å². The lowest BCUT2D eigenvalue weighted by Crippen LogP contribution is -2.20. The van der Waals surface area contributed by atoms with Gasteiger partial charge in [-0.3, -0.25) is 0 Å². The molecule has 1 aromatic carbocycles. The molecule has 1 aromatic rings. The average Bonchev–Trinajstić information content (AvgIpc) is 2.36. The first-order valence-electron chi connectivity index (χ1n) is 6.74. The second-order valence-corrected chi connectivity index (χ2v) is 4.60. The molecule has 0 aliphatic heterocycles. The molecule has 0 aliphatic rings. The predicted octanol–water partition coefficient (Wildman–Crippen LogP) is 2.68. The molecule has 0 radical (unpaired) electrons. The monoisotopic (exact) mass is 234 g/mol. The molecular formula is C15H26N2. The van der Waals surface area contributed by atoms with Crippen LogP contribution in [0, 0.1) is 0 Å². The van der Waals surface area contributed by atoms with Crippen molar-refractivity contribution in [2.24, 2.45) is 0 Å². The van der Waals surface area contributed by atoms with E-state index >= 15 is 0 Å². The Morgan fingerprint density at radius 3 is 2.41 bits per heavy atom. The fraction of sp³-hybridized carbons (Fsp3) is 0.600. The Balaban J connectivity index is 2.51. The van der Waals surface area contributed by atoms with Crippen LogP contribution < -0.4 is 5.32 Å². The van der Waals surface area contributed by atoms with Crippen LogP contribution in [-0.4, -0.2) is 31.6 Å². The van der Waals surface area contributed by atoms with Crippen LogP contribution in [0.5, 0.6) is 0 Å². The highest BCUT2D eigenvalue weighted by Gasteiger charge is 2.03. The normalized spacial score (nSPS) is 11.1. The lowest BCUT2D eigenvalue weighted by Gasteiger charge is -2.17. The molecule has 2 heteroatoms. The summed E-state index contributed by atoms with van der Waals surface area (Å²) in [6.07, 6.45) is 2.34. The zero-order chi connectivity index (χ0) is 12.5. The molecule has 0 spiro atoms. The van der Waals surface area contributed by atoms with Crippen LogP contribution in [0.3, 0.4) is 0 Å². The van der Waals surface area contributed by atoms with E-state index < -0.39 is 0 Å². The minimum atomic E-state index is 1.06. The maximum Gasteiger partial charge on any atom is 0.0233 e. The van der Waals surface area contributed by atoms with Gasteiger partial charge in [0.15, 0.2) is 0 Å². The first kappa shape index (κ1) is 14.2. The van der Waals surface area contributed by atoms with Gasteiger partial charge >= 0.3 is 0 Å². The van der Waals surface area contributed by atoms with Crippen LogP contribution >= 0.6 is 0 Å². The van der Waals surface area contributed by atoms with Crippen molar-refractivity contribution in [1.29, 1.82) is 0 Å². The van der Waals surface area contributed by atoms with Crippen molar-refractivity contribution in [3.05, 3.63) is 35.4 Å². The second kappa shape index (κ2) is 8.26. The van der Waals surface area contributed by atoms with E-state index in [-0.39, 0.29) is 0 Å². The van der Waals surface area contributed by atoms with Gasteiger partial charge in [-0.05, 0) is 50.7 Å². The number of benzene rings is 1. The summed E-state index contributed by atoms with van der Waals surface area (Å²) in [5, 5.41) is 3.46. The maximum absolute atomic E-state index is 3.46. The van der Waals surface area contributed by atoms with E-state index in [0.29, 0.717) is 0 Å². The molecule has 0 heterocycles. The molecule has 0 atom stereocenters. The molecule has 0 fully saturated rings. The highest BCUT2D eigenvalue weighted by atomic mass is 15.1. The zero-order valence-corrected chi connectivity index (χ0v) is 11.5. The van der Waals surface area contributed by atoms with Gasteiger partial charge in [-0.2, -0.15) is 0 Å². The molecule has 0 aliphatic carbocycles. The molecule has 1 N–H and O–H groups in total. The van der Waals surface area contributed by atoms with Crippen LogP contribution in [0.25, 0.3) is 0 Å². The molecule has 0 bridgehead atoms. The summed E-state index contributed by atoms with van der Waals surface area (Å²) < 4.78 is 0. The van der Waals surface area contributed by atoms with Gasteiger partial charge in [-0.25, -0.2) is 0 Å². The van der Waals surface area contributed by atoms with E-state index in [1.807, 2.05) is 0 Å². The summed E-state index contributed by atoms with van der Waals surface area (Å²) in [6.45, 7) is 8.77. The van der Waals surface area contributed by atoms with E-state index in [0.717, 1.165) is 32.6 Å². The molecule has 0 aromatic heterocycles. The minimum Gasteiger partial charge on any atom is -0.316 e. The van der Waals surface area contributed by atoms with Crippen molar-refractivity contribution in [3.63, 3.8) is 0 Å². The van der Waals surface area contributed by atoms with Crippen molar-refractivity contribution in [2.45, 2.75) is 33.2 Å². The summed E-state index contributed by atoms with van der Waals surface area (Å²) >= 11 is 0. The van der Waals surface area contributed by atoms with E-state index in [1.165, 1.54) is 17.5 Å². The summed E-state index contributed by atoms with van der Waals surface area (Å²) in [5.41, 5.74) is 2.95. The zero-order valence-electron chi connectivity index (χ0n) is 11.5. The Kier molecular flexibility index (Phi) is 6.90. The Hall–Kier alpha value is -0.860. The summed E-state index contributed by atoms with van der Waals surface area (Å²) in [6, 6.07) is 8.79. The quantitative estimate of drug-likeness (QED) is 0.696. The Bertz CT molecular complexity index is 310. The van der Waals surface area contributed by atoms with Gasteiger partial charge in [-0.1, -0.05) is 38.1 Å². The lowest BCUT2D eigenvalue weighted by molar-refractivity contribution is 0.344. The molecule has 0 saturated carbocycles. The number of nitrogens with one attached hydrogen (secondary N) is 1. The average molecular weight is 234 g/mol. The third-order valence-electron chi connectivity index (χ3n) is 3.10. The Labute approximate surface area is 106 Å². The van der Waals surface area contributed by atoms with Crippen LogP contribution in [0.4, 0.5) is 0 Å². The number of rotatable bonds is 8. The van der Waals surface area contributed by atoms with Gasteiger partial charge in [0.05, 0.1) is 0 Å². The van der Waals surface area contributed by atoms with Crippen LogP contribution in [0.15, 0.2) is 24.3 Å². The van der Waals surface area contributed by atoms with Gasteiger partial charge < -0.3 is 10.2 Å². The molecule has 1 rings (SSSR count). The highest BCUT2D eigenvalue weighted by molar-refractivity contribution is 5.27. The Morgan fingerprint density at radius 1 is 1.06 bits per heavy atom. The first-order chi connectivity index (χ1) is 8.27. The van der Waals surface area contributed by atoms with Gasteiger partial charge in [0.2, 0.25) is 0 Å². The van der Waals surface area contributed by atoms with Crippen molar-refractivity contribution in [2.75, 3.05) is 26.7 Å². The SMILES string of the molecule is CCCNCCc1ccccc1CN(C)CC. The molecule has 2 nitrogen and oxygen atoms in total. The van der Waals surface area contributed by atoms with Crippen molar-refractivity contribution >= 4 is 0 Å². The standard InChI is InChI=1S/C15H26N2/c1-4-11-16-12-10-14-8-6-7-9-15(14)13-17(3)5-2/h6-9,16H,4-5,10-13H2,1-3H3. The number of hydrogen-bond acceptors (Lipinski definition) is 2. The van der Waals surface area contributed by atoms with E-state index in [4.69, 9.17) is 0 Å². The van der Waals surface area contributed by atoms with Gasteiger partial charge in [0.25, 0.3) is 0 Å². The molecule has 0 amide bonds. The molecule has 0 unspecified atom stereocenters. The smallest absolute Gasteiger partial charge is 0.0233 e. The maximum atomic E-state index is 3.46. The largest absolute Gasteiger partial charge is 0.316 e. The molecule has 0 saturated heterocycles. The van der Waals surface area contributed by atoms with Crippen LogP contribution in [0.1, 0.15) is 31.4 Å². The van der Waals surface area contributed by atoms with Gasteiger partial charge in [0, 0.05) is 6.54 Å². The van der Waals surface area contributed by atoms with Gasteiger partial charge in [-0.15, -0.1) is 0 Å². The number of nitrogens with zero attached hydrogens (tertiary/aromatic N) is 1. The van der Waals surface area contributed by atoms with E-state index in [1.54, 1.807) is 0 Å². The molecule has 96 valence electrons. The first-order valence-corrected chi connectivity index (χ1v) is 6.74. The van der Waals surface area contributed by atoms with Crippen LogP contribution in [0.2, 0.25) is 0 Å². The number of hydrogen-bond donors (Lipinski definition) is 1. The highest BCUT2D eigenvalue weighted by Crippen LogP contribution is 2.11. The third kappa shape index (κ3) is 5.33. The topological polar surface area (TPSA) is 15.3 Å². The molecule has 17 heavy (non-hydrogen) atoms. The fourth-order valence-corrected chi connectivity index (χ4v) is 1.88. The second-order valence-electron chi connectivity index (χ2n) is 4.60. The van der Waals surface area contributed by atoms with Crippen molar-refractivity contribution in [1.82, 2.24) is 10.2 Å². The summed E-state index contributed by atoms with van der Waals surface area (Å²) in [4.78, 5) is 2.35. The van der Waals surface area contributed by atoms with Gasteiger partial charge in [0.1, 0.15) is 0 Å². The minimum absolute atomic E-state index is 1.06. The summed E-state index contributed by atoms with van der Waals surface area (Å²) in [7, 11) is 2.17. The molecular weight excluding hydrogens is 208 g/mol. The van der Waals surface area contributed by atoms with Crippen molar-refractivity contribution in [3.8, 4) is 0 Å². The lowest BCUT2D eigenvalue weighted by atomic mass is 10.0. The predicted molar refractivity (Wildman–Crippen MR) is 75.3 cm³/mol. The fourth-order valence-electron chi connectivity index (χ4n) is 1.88. The Morgan fingerprint density at radius 2 is 1.76 bits per heavy atom. The van der Waals surface area contributed by atoms with E-state index in [9.17, 15) is 0 Å². The van der Waals surface area contributed by atoms with E-state index in [2.05, 4.69) is 55.4 Å². The third-order valence-corrected chi connectivity index (χ3v) is 3.10. The summed E-state index contributed by atoms with van der Waals surface area (Å²) in [5.74, 6) is 0. The van der Waals surface area contributed by atoms with Crippen molar-refractivity contribution < 1.29 is 0 Å².